The second-order valence-electron chi connectivity index (χ2n) is 2.67. The minimum absolute atomic E-state index is 0.0712. The first-order valence-corrected chi connectivity index (χ1v) is 5.73. The summed E-state index contributed by atoms with van der Waals surface area (Å²) in [5, 5.41) is 0.642. The Labute approximate surface area is 96.6 Å². The fourth-order valence-corrected chi connectivity index (χ4v) is 1.20. The second kappa shape index (κ2) is 7.63. The molecule has 2 aromatic rings. The predicted octanol–water partition coefficient (Wildman–Crippen LogP) is 3.28. The van der Waals surface area contributed by atoms with Gasteiger partial charge in [-0.05, 0) is 19.1 Å². The topological polar surface area (TPSA) is 45.8 Å². The monoisotopic (exact) mass is 220 g/mol. The van der Waals surface area contributed by atoms with Crippen LogP contribution >= 0.6 is 0 Å². The zero-order chi connectivity index (χ0) is 12.6. The summed E-state index contributed by atoms with van der Waals surface area (Å²) in [5.74, 6) is 0.652. The zero-order valence-corrected chi connectivity index (χ0v) is 10.7. The molecule has 0 atom stereocenters. The number of para-hydroxylation sites is 1. The molecule has 2 rings (SSSR count). The van der Waals surface area contributed by atoms with Gasteiger partial charge in [0.25, 0.3) is 5.56 Å². The van der Waals surface area contributed by atoms with Gasteiger partial charge >= 0.3 is 0 Å². The highest BCUT2D eigenvalue weighted by molar-refractivity contribution is 5.76. The number of fused-ring (bicyclic) bond motifs is 1. The van der Waals surface area contributed by atoms with E-state index < -0.39 is 0 Å². The number of nitrogens with one attached hydrogen (secondary N) is 1. The van der Waals surface area contributed by atoms with Gasteiger partial charge in [-0.25, -0.2) is 4.98 Å². The largest absolute Gasteiger partial charge is 0.310 e. The van der Waals surface area contributed by atoms with Crippen molar-refractivity contribution in [1.82, 2.24) is 9.97 Å². The molecule has 3 heteroatoms. The van der Waals surface area contributed by atoms with E-state index in [0.717, 1.165) is 5.52 Å². The van der Waals surface area contributed by atoms with Crippen LogP contribution in [0.25, 0.3) is 10.9 Å². The van der Waals surface area contributed by atoms with Crippen molar-refractivity contribution >= 4 is 10.9 Å². The lowest BCUT2D eigenvalue weighted by atomic mass is 10.2. The normalized spacial score (nSPS) is 8.56. The summed E-state index contributed by atoms with van der Waals surface area (Å²) in [6.45, 7) is 9.77. The summed E-state index contributed by atoms with van der Waals surface area (Å²) < 4.78 is 0. The summed E-state index contributed by atoms with van der Waals surface area (Å²) in [5.41, 5.74) is 0.678. The Morgan fingerprint density at radius 2 is 1.62 bits per heavy atom. The molecule has 0 radical (unpaired) electrons. The molecular formula is C13H20N2O. The number of aromatic nitrogens is 2. The maximum atomic E-state index is 11.3. The lowest BCUT2D eigenvalue weighted by molar-refractivity contribution is 1.06. The van der Waals surface area contributed by atoms with Crippen molar-refractivity contribution in [2.24, 2.45) is 0 Å². The average Bonchev–Trinajstić information content (AvgIpc) is 2.34. The number of aromatic amines is 1. The van der Waals surface area contributed by atoms with Crippen LogP contribution in [0.3, 0.4) is 0 Å². The predicted molar refractivity (Wildman–Crippen MR) is 69.8 cm³/mol. The van der Waals surface area contributed by atoms with Crippen LogP contribution in [0.15, 0.2) is 29.1 Å². The standard InChI is InChI=1S/C9H8N2O.2C2H6/c1-6-10-8-5-3-2-4-7(8)9(12)11-6;2*1-2/h2-5H,1H3,(H,10,11,12);2*1-2H3. The van der Waals surface area contributed by atoms with E-state index in [9.17, 15) is 4.79 Å². The molecule has 1 aromatic carbocycles. The molecule has 0 amide bonds. The summed E-state index contributed by atoms with van der Waals surface area (Å²) in [4.78, 5) is 18.1. The van der Waals surface area contributed by atoms with Gasteiger partial charge in [0.15, 0.2) is 0 Å². The van der Waals surface area contributed by atoms with Gasteiger partial charge in [0.05, 0.1) is 10.9 Å². The van der Waals surface area contributed by atoms with E-state index in [-0.39, 0.29) is 5.56 Å². The summed E-state index contributed by atoms with van der Waals surface area (Å²) in [6.07, 6.45) is 0. The molecule has 1 aromatic heterocycles. The number of benzene rings is 1. The second-order valence-corrected chi connectivity index (χ2v) is 2.67. The van der Waals surface area contributed by atoms with E-state index in [1.165, 1.54) is 0 Å². The molecule has 1 N–H and O–H groups in total. The zero-order valence-electron chi connectivity index (χ0n) is 10.7. The van der Waals surface area contributed by atoms with Gasteiger partial charge in [0, 0.05) is 0 Å². The first-order chi connectivity index (χ1) is 7.77. The molecule has 88 valence electrons. The number of rotatable bonds is 0. The number of nitrogens with zero attached hydrogens (tertiary/aromatic N) is 1. The third kappa shape index (κ3) is 3.50. The van der Waals surface area contributed by atoms with Crippen molar-refractivity contribution < 1.29 is 0 Å². The van der Waals surface area contributed by atoms with Gasteiger partial charge in [-0.15, -0.1) is 0 Å². The molecule has 16 heavy (non-hydrogen) atoms. The maximum Gasteiger partial charge on any atom is 0.258 e. The molecule has 3 nitrogen and oxygen atoms in total. The van der Waals surface area contributed by atoms with Gasteiger partial charge in [-0.3, -0.25) is 4.79 Å². The Kier molecular flexibility index (Phi) is 6.84. The quantitative estimate of drug-likeness (QED) is 0.740. The Morgan fingerprint density at radius 3 is 2.25 bits per heavy atom. The van der Waals surface area contributed by atoms with Gasteiger partial charge in [-0.2, -0.15) is 0 Å². The number of H-pyrrole nitrogens is 1. The van der Waals surface area contributed by atoms with E-state index in [2.05, 4.69) is 9.97 Å². The molecule has 0 aliphatic heterocycles. The van der Waals surface area contributed by atoms with Gasteiger partial charge in [-0.1, -0.05) is 39.8 Å². The van der Waals surface area contributed by atoms with Crippen molar-refractivity contribution in [3.8, 4) is 0 Å². The van der Waals surface area contributed by atoms with E-state index in [1.54, 1.807) is 13.0 Å². The molecule has 0 spiro atoms. The van der Waals surface area contributed by atoms with E-state index in [4.69, 9.17) is 0 Å². The van der Waals surface area contributed by atoms with E-state index >= 15 is 0 Å². The van der Waals surface area contributed by atoms with Crippen LogP contribution in [0.4, 0.5) is 0 Å². The molecule has 0 fully saturated rings. The van der Waals surface area contributed by atoms with Crippen molar-refractivity contribution in [3.63, 3.8) is 0 Å². The average molecular weight is 220 g/mol. The summed E-state index contributed by atoms with van der Waals surface area (Å²) in [7, 11) is 0. The van der Waals surface area contributed by atoms with Crippen molar-refractivity contribution in [3.05, 3.63) is 40.4 Å². The van der Waals surface area contributed by atoms with Gasteiger partial charge < -0.3 is 4.98 Å². The van der Waals surface area contributed by atoms with Gasteiger partial charge in [0.2, 0.25) is 0 Å². The lowest BCUT2D eigenvalue weighted by Gasteiger charge is -1.95. The van der Waals surface area contributed by atoms with Crippen LogP contribution in [0.5, 0.6) is 0 Å². The molecule has 0 saturated carbocycles. The fraction of sp³-hybridized carbons (Fsp3) is 0.385. The van der Waals surface area contributed by atoms with Crippen LogP contribution in [0.1, 0.15) is 33.5 Å². The van der Waals surface area contributed by atoms with Crippen molar-refractivity contribution in [2.75, 3.05) is 0 Å². The molecule has 1 heterocycles. The molecule has 0 aliphatic rings. The van der Waals surface area contributed by atoms with E-state index in [0.29, 0.717) is 11.2 Å². The van der Waals surface area contributed by atoms with Gasteiger partial charge in [0.1, 0.15) is 5.82 Å². The Hall–Kier alpha value is -1.64. The third-order valence-corrected chi connectivity index (χ3v) is 1.73. The summed E-state index contributed by atoms with van der Waals surface area (Å²) in [6, 6.07) is 7.29. The van der Waals surface area contributed by atoms with Crippen LogP contribution in [0.2, 0.25) is 0 Å². The smallest absolute Gasteiger partial charge is 0.258 e. The SMILES string of the molecule is CC.CC.Cc1nc2ccccc2c(=O)[nH]1. The highest BCUT2D eigenvalue weighted by atomic mass is 16.1. The van der Waals surface area contributed by atoms with Crippen molar-refractivity contribution in [2.45, 2.75) is 34.6 Å². The molecule has 0 unspecified atom stereocenters. The minimum Gasteiger partial charge on any atom is -0.310 e. The number of hydrogen-bond donors (Lipinski definition) is 1. The van der Waals surface area contributed by atoms with Crippen molar-refractivity contribution in [1.29, 1.82) is 0 Å². The van der Waals surface area contributed by atoms with E-state index in [1.807, 2.05) is 45.9 Å². The third-order valence-electron chi connectivity index (χ3n) is 1.73. The Balaban J connectivity index is 0.000000509. The first kappa shape index (κ1) is 14.4. The molecular weight excluding hydrogens is 200 g/mol. The first-order valence-electron chi connectivity index (χ1n) is 5.73. The summed E-state index contributed by atoms with van der Waals surface area (Å²) >= 11 is 0. The van der Waals surface area contributed by atoms with Crippen LogP contribution in [-0.2, 0) is 0 Å². The molecule has 0 saturated heterocycles. The highest BCUT2D eigenvalue weighted by Gasteiger charge is 1.97. The minimum atomic E-state index is -0.0712. The Bertz CT molecular complexity index is 475. The Morgan fingerprint density at radius 1 is 1.06 bits per heavy atom. The lowest BCUT2D eigenvalue weighted by Crippen LogP contribution is -2.09. The van der Waals surface area contributed by atoms with Crippen LogP contribution in [-0.4, -0.2) is 9.97 Å². The maximum absolute atomic E-state index is 11.3. The van der Waals surface area contributed by atoms with Crippen LogP contribution in [0, 0.1) is 6.92 Å². The van der Waals surface area contributed by atoms with Crippen LogP contribution < -0.4 is 5.56 Å². The molecule has 0 aliphatic carbocycles. The number of hydrogen-bond acceptors (Lipinski definition) is 2. The fourth-order valence-electron chi connectivity index (χ4n) is 1.20. The number of aryl methyl sites for hydroxylation is 1. The molecule has 0 bridgehead atoms. The highest BCUT2D eigenvalue weighted by Crippen LogP contribution is 2.04.